The molecule has 0 bridgehead atoms. The van der Waals surface area contributed by atoms with Crippen LogP contribution in [0.2, 0.25) is 0 Å². The molecule has 0 saturated carbocycles. The number of halogens is 1. The van der Waals surface area contributed by atoms with Crippen molar-refractivity contribution in [3.05, 3.63) is 46.6 Å². The fourth-order valence-corrected chi connectivity index (χ4v) is 4.42. The molecule has 1 atom stereocenters. The second-order valence-corrected chi connectivity index (χ2v) is 9.25. The van der Waals surface area contributed by atoms with E-state index in [0.717, 1.165) is 30.4 Å². The van der Waals surface area contributed by atoms with Gasteiger partial charge in [-0.3, -0.25) is 4.72 Å². The van der Waals surface area contributed by atoms with E-state index < -0.39 is 16.0 Å². The van der Waals surface area contributed by atoms with Gasteiger partial charge in [0, 0.05) is 23.8 Å². The molecule has 3 rings (SSSR count). The van der Waals surface area contributed by atoms with Crippen LogP contribution in [0.5, 0.6) is 0 Å². The van der Waals surface area contributed by atoms with Crippen molar-refractivity contribution in [2.24, 2.45) is 5.92 Å². The van der Waals surface area contributed by atoms with Crippen LogP contribution < -0.4 is 9.62 Å². The van der Waals surface area contributed by atoms with E-state index in [1.54, 1.807) is 12.1 Å². The third-order valence-electron chi connectivity index (χ3n) is 4.44. The van der Waals surface area contributed by atoms with E-state index in [1.807, 2.05) is 4.90 Å². The number of hydrogen-bond acceptors (Lipinski definition) is 5. The van der Waals surface area contributed by atoms with E-state index in [4.69, 9.17) is 0 Å². The molecule has 1 fully saturated rings. The smallest absolute Gasteiger partial charge is 0.337 e. The quantitative estimate of drug-likeness (QED) is 0.717. The van der Waals surface area contributed by atoms with Gasteiger partial charge >= 0.3 is 5.97 Å². The monoisotopic (exact) mass is 453 g/mol. The van der Waals surface area contributed by atoms with Crippen molar-refractivity contribution in [1.82, 2.24) is 4.98 Å². The van der Waals surface area contributed by atoms with Crippen LogP contribution in [-0.4, -0.2) is 37.6 Å². The number of carboxylic acids is 1. The average molecular weight is 454 g/mol. The van der Waals surface area contributed by atoms with Crippen molar-refractivity contribution in [3.8, 4) is 0 Å². The molecule has 1 aromatic carbocycles. The first-order valence-corrected chi connectivity index (χ1v) is 10.8. The van der Waals surface area contributed by atoms with E-state index in [1.165, 1.54) is 24.4 Å². The van der Waals surface area contributed by atoms with Crippen molar-refractivity contribution in [2.75, 3.05) is 22.7 Å². The van der Waals surface area contributed by atoms with E-state index in [-0.39, 0.29) is 16.1 Å². The molecule has 2 heterocycles. The summed E-state index contributed by atoms with van der Waals surface area (Å²) in [6.07, 6.45) is 3.33. The maximum atomic E-state index is 12.8. The topological polar surface area (TPSA) is 99.6 Å². The number of pyridine rings is 1. The highest BCUT2D eigenvalue weighted by Crippen LogP contribution is 2.30. The average Bonchev–Trinajstić information content (AvgIpc) is 2.61. The summed E-state index contributed by atoms with van der Waals surface area (Å²) in [5.74, 6) is -0.256. The summed E-state index contributed by atoms with van der Waals surface area (Å²) in [7, 11) is -3.88. The first kappa shape index (κ1) is 19.6. The highest BCUT2D eigenvalue weighted by Gasteiger charge is 2.24. The molecule has 1 aromatic heterocycles. The maximum absolute atomic E-state index is 12.8. The van der Waals surface area contributed by atoms with Gasteiger partial charge in [0.2, 0.25) is 0 Å². The van der Waals surface area contributed by atoms with Gasteiger partial charge in [0.25, 0.3) is 10.0 Å². The van der Waals surface area contributed by atoms with Gasteiger partial charge in [0.1, 0.15) is 0 Å². The van der Waals surface area contributed by atoms with Crippen molar-refractivity contribution < 1.29 is 18.3 Å². The number of hydrogen-bond donors (Lipinski definition) is 2. The lowest BCUT2D eigenvalue weighted by molar-refractivity contribution is 0.0696. The molecule has 0 amide bonds. The molecule has 1 saturated heterocycles. The summed E-state index contributed by atoms with van der Waals surface area (Å²) in [5.41, 5.74) is 0.101. The number of carbonyl (C=O) groups is 1. The van der Waals surface area contributed by atoms with Crippen LogP contribution in [0.3, 0.4) is 0 Å². The zero-order valence-electron chi connectivity index (χ0n) is 14.7. The molecule has 2 N–H and O–H groups in total. The normalized spacial score (nSPS) is 17.6. The Labute approximate surface area is 166 Å². The summed E-state index contributed by atoms with van der Waals surface area (Å²) in [5, 5.41) is 9.26. The number of anilines is 2. The molecule has 1 aliphatic heterocycles. The number of nitrogens with one attached hydrogen (secondary N) is 1. The number of piperidine rings is 1. The Morgan fingerprint density at radius 2 is 2.04 bits per heavy atom. The Morgan fingerprint density at radius 1 is 1.33 bits per heavy atom. The zero-order valence-corrected chi connectivity index (χ0v) is 17.1. The van der Waals surface area contributed by atoms with Crippen LogP contribution in [0, 0.1) is 5.92 Å². The van der Waals surface area contributed by atoms with Gasteiger partial charge in [-0.15, -0.1) is 0 Å². The van der Waals surface area contributed by atoms with Gasteiger partial charge in [0.15, 0.2) is 5.82 Å². The molecule has 0 unspecified atom stereocenters. The molecule has 7 nitrogen and oxygen atoms in total. The molecule has 0 radical (unpaired) electrons. The number of aromatic carboxylic acids is 1. The Hall–Kier alpha value is -2.13. The molecule has 1 aliphatic rings. The third-order valence-corrected chi connectivity index (χ3v) is 6.35. The number of benzene rings is 1. The molecule has 2 aromatic rings. The number of rotatable bonds is 5. The highest BCUT2D eigenvalue weighted by atomic mass is 79.9. The maximum Gasteiger partial charge on any atom is 0.337 e. The lowest BCUT2D eigenvalue weighted by Crippen LogP contribution is -2.35. The highest BCUT2D eigenvalue weighted by molar-refractivity contribution is 9.10. The minimum atomic E-state index is -3.88. The summed E-state index contributed by atoms with van der Waals surface area (Å²) >= 11 is 3.28. The van der Waals surface area contributed by atoms with Gasteiger partial charge in [0.05, 0.1) is 16.1 Å². The Kier molecular flexibility index (Phi) is 5.71. The molecule has 27 heavy (non-hydrogen) atoms. The van der Waals surface area contributed by atoms with E-state index in [2.05, 4.69) is 32.6 Å². The summed E-state index contributed by atoms with van der Waals surface area (Å²) in [4.78, 5) is 17.7. The standard InChI is InChI=1S/C18H20BrN3O4S/c1-12-3-2-8-22(11-12)17-16(9-13(10-20-17)18(23)24)21-27(25,26)15-6-4-14(19)5-7-15/h4-7,9-10,12,21H,2-3,8,11H2,1H3,(H,23,24)/t12-/m0/s1. The van der Waals surface area contributed by atoms with Gasteiger partial charge < -0.3 is 10.0 Å². The summed E-state index contributed by atoms with van der Waals surface area (Å²) in [6.45, 7) is 3.62. The van der Waals surface area contributed by atoms with Crippen LogP contribution in [0.25, 0.3) is 0 Å². The lowest BCUT2D eigenvalue weighted by atomic mass is 10.0. The third kappa shape index (κ3) is 4.59. The van der Waals surface area contributed by atoms with E-state index in [9.17, 15) is 18.3 Å². The van der Waals surface area contributed by atoms with Crippen LogP contribution in [0.4, 0.5) is 11.5 Å². The molecular formula is C18H20BrN3O4S. The van der Waals surface area contributed by atoms with Gasteiger partial charge in [-0.2, -0.15) is 0 Å². The molecule has 0 aliphatic carbocycles. The molecule has 9 heteroatoms. The predicted molar refractivity (Wildman–Crippen MR) is 107 cm³/mol. The second-order valence-electron chi connectivity index (χ2n) is 6.65. The van der Waals surface area contributed by atoms with Gasteiger partial charge in [-0.25, -0.2) is 18.2 Å². The second kappa shape index (κ2) is 7.85. The lowest BCUT2D eigenvalue weighted by Gasteiger charge is -2.33. The Balaban J connectivity index is 1.99. The molecule has 144 valence electrons. The first-order valence-electron chi connectivity index (χ1n) is 8.53. The summed E-state index contributed by atoms with van der Waals surface area (Å²) < 4.78 is 28.8. The molecular weight excluding hydrogens is 434 g/mol. The Bertz CT molecular complexity index is 948. The van der Waals surface area contributed by atoms with E-state index in [0.29, 0.717) is 11.7 Å². The van der Waals surface area contributed by atoms with Crippen LogP contribution >= 0.6 is 15.9 Å². The van der Waals surface area contributed by atoms with Crippen LogP contribution in [0.15, 0.2) is 45.9 Å². The zero-order chi connectivity index (χ0) is 19.6. The van der Waals surface area contributed by atoms with Crippen molar-refractivity contribution in [2.45, 2.75) is 24.7 Å². The fourth-order valence-electron chi connectivity index (χ4n) is 3.10. The minimum absolute atomic E-state index is 0.0719. The number of aromatic nitrogens is 1. The summed E-state index contributed by atoms with van der Waals surface area (Å²) in [6, 6.07) is 7.54. The largest absolute Gasteiger partial charge is 0.478 e. The predicted octanol–water partition coefficient (Wildman–Crippen LogP) is 3.58. The van der Waals surface area contributed by atoms with Crippen LogP contribution in [-0.2, 0) is 10.0 Å². The van der Waals surface area contributed by atoms with Crippen molar-refractivity contribution >= 4 is 43.4 Å². The van der Waals surface area contributed by atoms with E-state index >= 15 is 0 Å². The van der Waals surface area contributed by atoms with Gasteiger partial charge in [-0.1, -0.05) is 22.9 Å². The number of carboxylic acid groups (broad SMARTS) is 1. The molecule has 0 spiro atoms. The number of nitrogens with zero attached hydrogens (tertiary/aromatic N) is 2. The fraction of sp³-hybridized carbons (Fsp3) is 0.333. The minimum Gasteiger partial charge on any atom is -0.478 e. The number of sulfonamides is 1. The van der Waals surface area contributed by atoms with Crippen molar-refractivity contribution in [3.63, 3.8) is 0 Å². The first-order chi connectivity index (χ1) is 12.8. The SMILES string of the molecule is C[C@H]1CCCN(c2ncc(C(=O)O)cc2NS(=O)(=O)c2ccc(Br)cc2)C1. The van der Waals surface area contributed by atoms with Crippen molar-refractivity contribution in [1.29, 1.82) is 0 Å². The van der Waals surface area contributed by atoms with Gasteiger partial charge in [-0.05, 0) is 49.1 Å². The van der Waals surface area contributed by atoms with Crippen LogP contribution in [0.1, 0.15) is 30.1 Å². The Morgan fingerprint density at radius 3 is 2.67 bits per heavy atom.